The number of rotatable bonds is 4. The number of carbonyl (C=O) groups is 1. The Balaban J connectivity index is 2.40. The molecule has 0 saturated heterocycles. The van der Waals surface area contributed by atoms with Gasteiger partial charge >= 0.3 is 0 Å². The minimum Gasteiger partial charge on any atom is -0.491 e. The van der Waals surface area contributed by atoms with E-state index in [0.717, 1.165) is 12.8 Å². The van der Waals surface area contributed by atoms with Crippen LogP contribution in [0, 0.1) is 5.92 Å². The highest BCUT2D eigenvalue weighted by molar-refractivity contribution is 5.94. The van der Waals surface area contributed by atoms with Crippen molar-refractivity contribution in [2.24, 2.45) is 5.92 Å². The molecule has 1 fully saturated rings. The van der Waals surface area contributed by atoms with Gasteiger partial charge in [-0.25, -0.2) is 0 Å². The van der Waals surface area contributed by atoms with E-state index in [9.17, 15) is 4.79 Å². The normalized spacial score (nSPS) is 18.2. The molecule has 0 aromatic rings. The van der Waals surface area contributed by atoms with Crippen molar-refractivity contribution in [1.82, 2.24) is 0 Å². The van der Waals surface area contributed by atoms with Crippen molar-refractivity contribution in [3.8, 4) is 0 Å². The summed E-state index contributed by atoms with van der Waals surface area (Å²) in [7, 11) is 0. The van der Waals surface area contributed by atoms with Gasteiger partial charge in [-0.1, -0.05) is 25.8 Å². The quantitative estimate of drug-likeness (QED) is 0.493. The summed E-state index contributed by atoms with van der Waals surface area (Å²) in [6.07, 6.45) is 5.66. The molecule has 0 radical (unpaired) electrons. The molecule has 0 amide bonds. The number of allylic oxidation sites excluding steroid dienone is 1. The van der Waals surface area contributed by atoms with Crippen molar-refractivity contribution in [1.29, 1.82) is 0 Å². The van der Waals surface area contributed by atoms with Crippen molar-refractivity contribution in [3.05, 3.63) is 12.3 Å². The van der Waals surface area contributed by atoms with E-state index in [0.29, 0.717) is 12.4 Å². The van der Waals surface area contributed by atoms with E-state index in [-0.39, 0.29) is 11.7 Å². The van der Waals surface area contributed by atoms with Gasteiger partial charge in [-0.2, -0.15) is 0 Å². The molecule has 2 heteroatoms. The molecule has 1 saturated carbocycles. The first kappa shape index (κ1) is 10.3. The van der Waals surface area contributed by atoms with Crippen LogP contribution in [0.15, 0.2) is 12.3 Å². The molecule has 1 aliphatic rings. The van der Waals surface area contributed by atoms with Gasteiger partial charge in [-0.3, -0.25) is 4.79 Å². The molecule has 0 aliphatic heterocycles. The Morgan fingerprint density at radius 1 is 1.38 bits per heavy atom. The minimum absolute atomic E-state index is 0.126. The molecule has 0 N–H and O–H groups in total. The molecular formula is C11H18O2. The molecule has 0 spiro atoms. The highest BCUT2D eigenvalue weighted by atomic mass is 16.5. The van der Waals surface area contributed by atoms with Crippen LogP contribution in [0.2, 0.25) is 0 Å². The number of carbonyl (C=O) groups excluding carboxylic acids is 1. The zero-order chi connectivity index (χ0) is 9.68. The topological polar surface area (TPSA) is 26.3 Å². The van der Waals surface area contributed by atoms with Gasteiger partial charge in [0.05, 0.1) is 6.61 Å². The molecular weight excluding hydrogens is 164 g/mol. The van der Waals surface area contributed by atoms with E-state index >= 15 is 0 Å². The van der Waals surface area contributed by atoms with Crippen molar-refractivity contribution in [3.63, 3.8) is 0 Å². The Hall–Kier alpha value is -0.790. The second kappa shape index (κ2) is 5.05. The SMILES string of the molecule is C=C(OCC)C(=O)C1CCCCC1. The van der Waals surface area contributed by atoms with Gasteiger partial charge in [-0.15, -0.1) is 0 Å². The highest BCUT2D eigenvalue weighted by Gasteiger charge is 2.23. The lowest BCUT2D eigenvalue weighted by Crippen LogP contribution is -2.20. The maximum absolute atomic E-state index is 11.7. The first-order valence-corrected chi connectivity index (χ1v) is 5.11. The molecule has 2 nitrogen and oxygen atoms in total. The second-order valence-corrected chi connectivity index (χ2v) is 3.56. The summed E-state index contributed by atoms with van der Waals surface area (Å²) in [5.74, 6) is 0.670. The van der Waals surface area contributed by atoms with Crippen LogP contribution in [0.5, 0.6) is 0 Å². The minimum atomic E-state index is 0.126. The van der Waals surface area contributed by atoms with Crippen LogP contribution in [-0.4, -0.2) is 12.4 Å². The Kier molecular flexibility index (Phi) is 4.00. The third kappa shape index (κ3) is 2.87. The van der Waals surface area contributed by atoms with E-state index < -0.39 is 0 Å². The molecule has 0 unspecified atom stereocenters. The average Bonchev–Trinajstić information content (AvgIpc) is 2.18. The Morgan fingerprint density at radius 3 is 2.54 bits per heavy atom. The molecule has 74 valence electrons. The molecule has 13 heavy (non-hydrogen) atoms. The second-order valence-electron chi connectivity index (χ2n) is 3.56. The summed E-state index contributed by atoms with van der Waals surface area (Å²) in [5, 5.41) is 0. The summed E-state index contributed by atoms with van der Waals surface area (Å²) in [5.41, 5.74) is 0. The molecule has 1 rings (SSSR count). The molecule has 0 aromatic carbocycles. The van der Waals surface area contributed by atoms with Crippen LogP contribution in [0.3, 0.4) is 0 Å². The molecule has 1 aliphatic carbocycles. The van der Waals surface area contributed by atoms with Crippen LogP contribution in [0.25, 0.3) is 0 Å². The lowest BCUT2D eigenvalue weighted by molar-refractivity contribution is -0.123. The molecule has 0 heterocycles. The van der Waals surface area contributed by atoms with Crippen molar-refractivity contribution >= 4 is 5.78 Å². The summed E-state index contributed by atoms with van der Waals surface area (Å²) < 4.78 is 5.11. The fourth-order valence-corrected chi connectivity index (χ4v) is 1.84. The van der Waals surface area contributed by atoms with Crippen LogP contribution in [0.4, 0.5) is 0 Å². The standard InChI is InChI=1S/C11H18O2/c1-3-13-9(2)11(12)10-7-5-4-6-8-10/h10H,2-8H2,1H3. The molecule has 0 atom stereocenters. The predicted molar refractivity (Wildman–Crippen MR) is 52.3 cm³/mol. The van der Waals surface area contributed by atoms with Gasteiger partial charge < -0.3 is 4.74 Å². The van der Waals surface area contributed by atoms with E-state index in [1.807, 2.05) is 6.92 Å². The van der Waals surface area contributed by atoms with Crippen LogP contribution >= 0.6 is 0 Å². The number of ether oxygens (including phenoxy) is 1. The zero-order valence-electron chi connectivity index (χ0n) is 8.34. The third-order valence-electron chi connectivity index (χ3n) is 2.57. The Bertz CT molecular complexity index is 190. The first-order chi connectivity index (χ1) is 6.25. The van der Waals surface area contributed by atoms with E-state index in [2.05, 4.69) is 6.58 Å². The van der Waals surface area contributed by atoms with E-state index in [1.54, 1.807) is 0 Å². The fourth-order valence-electron chi connectivity index (χ4n) is 1.84. The Labute approximate surface area is 80.0 Å². The van der Waals surface area contributed by atoms with Gasteiger partial charge in [-0.05, 0) is 19.8 Å². The first-order valence-electron chi connectivity index (χ1n) is 5.11. The number of Topliss-reactive ketones (excluding diaryl/α,β-unsaturated/α-hetero) is 1. The summed E-state index contributed by atoms with van der Waals surface area (Å²) >= 11 is 0. The fraction of sp³-hybridized carbons (Fsp3) is 0.727. The lowest BCUT2D eigenvalue weighted by atomic mass is 9.86. The maximum Gasteiger partial charge on any atom is 0.199 e. The van der Waals surface area contributed by atoms with Gasteiger partial charge in [0.15, 0.2) is 11.5 Å². The van der Waals surface area contributed by atoms with Gasteiger partial charge in [0.25, 0.3) is 0 Å². The van der Waals surface area contributed by atoms with E-state index in [1.165, 1.54) is 19.3 Å². The molecule has 0 aromatic heterocycles. The number of hydrogen-bond donors (Lipinski definition) is 0. The largest absolute Gasteiger partial charge is 0.491 e. The summed E-state index contributed by atoms with van der Waals surface area (Å²) in [6.45, 7) is 6.06. The van der Waals surface area contributed by atoms with E-state index in [4.69, 9.17) is 4.74 Å². The number of hydrogen-bond acceptors (Lipinski definition) is 2. The van der Waals surface area contributed by atoms with Crippen molar-refractivity contribution < 1.29 is 9.53 Å². The van der Waals surface area contributed by atoms with Crippen LogP contribution in [0.1, 0.15) is 39.0 Å². The van der Waals surface area contributed by atoms with Gasteiger partial charge in [0.1, 0.15) is 0 Å². The highest BCUT2D eigenvalue weighted by Crippen LogP contribution is 2.26. The van der Waals surface area contributed by atoms with Gasteiger partial charge in [0, 0.05) is 5.92 Å². The zero-order valence-corrected chi connectivity index (χ0v) is 8.34. The summed E-state index contributed by atoms with van der Waals surface area (Å²) in [6, 6.07) is 0. The molecule has 0 bridgehead atoms. The predicted octanol–water partition coefficient (Wildman–Crippen LogP) is 2.69. The monoisotopic (exact) mass is 182 g/mol. The number of ketones is 1. The van der Waals surface area contributed by atoms with Crippen LogP contribution in [-0.2, 0) is 9.53 Å². The summed E-state index contributed by atoms with van der Waals surface area (Å²) in [4.78, 5) is 11.7. The van der Waals surface area contributed by atoms with Crippen molar-refractivity contribution in [2.75, 3.05) is 6.61 Å². The van der Waals surface area contributed by atoms with Crippen LogP contribution < -0.4 is 0 Å². The lowest BCUT2D eigenvalue weighted by Gasteiger charge is -2.20. The third-order valence-corrected chi connectivity index (χ3v) is 2.57. The average molecular weight is 182 g/mol. The maximum atomic E-state index is 11.7. The van der Waals surface area contributed by atoms with Gasteiger partial charge in [0.2, 0.25) is 0 Å². The Morgan fingerprint density at radius 2 is 2.00 bits per heavy atom. The smallest absolute Gasteiger partial charge is 0.199 e. The van der Waals surface area contributed by atoms with Crippen molar-refractivity contribution in [2.45, 2.75) is 39.0 Å².